The third-order valence-electron chi connectivity index (χ3n) is 2.74. The van der Waals surface area contributed by atoms with E-state index in [0.29, 0.717) is 11.9 Å². The van der Waals surface area contributed by atoms with Crippen LogP contribution in [0.4, 0.5) is 5.13 Å². The van der Waals surface area contributed by atoms with Gasteiger partial charge < -0.3 is 9.84 Å². The van der Waals surface area contributed by atoms with Crippen LogP contribution in [0.5, 0.6) is 0 Å². The van der Waals surface area contributed by atoms with Gasteiger partial charge in [0.05, 0.1) is 5.25 Å². The molecule has 0 saturated heterocycles. The molecule has 0 bridgehead atoms. The molecule has 8 heteroatoms. The number of thioether (sulfide) groups is 1. The van der Waals surface area contributed by atoms with Crippen LogP contribution >= 0.6 is 23.1 Å². The van der Waals surface area contributed by atoms with Crippen LogP contribution in [0, 0.1) is 0 Å². The summed E-state index contributed by atoms with van der Waals surface area (Å²) in [6.07, 6.45) is 3.26. The Labute approximate surface area is 119 Å². The molecule has 2 heterocycles. The van der Waals surface area contributed by atoms with E-state index in [-0.39, 0.29) is 5.25 Å². The molecule has 3 rings (SSSR count). The molecule has 1 fully saturated rings. The lowest BCUT2D eigenvalue weighted by Gasteiger charge is -2.01. The Bertz CT molecular complexity index is 551. The molecule has 2 aromatic rings. The van der Waals surface area contributed by atoms with Crippen molar-refractivity contribution in [3.8, 4) is 0 Å². The van der Waals surface area contributed by atoms with Crippen LogP contribution in [0.1, 0.15) is 43.7 Å². The van der Waals surface area contributed by atoms with E-state index in [4.69, 9.17) is 4.52 Å². The fourth-order valence-electron chi connectivity index (χ4n) is 1.50. The van der Waals surface area contributed by atoms with Gasteiger partial charge in [0.25, 0.3) is 0 Å². The summed E-state index contributed by atoms with van der Waals surface area (Å²) in [5.41, 5.74) is 0. The summed E-state index contributed by atoms with van der Waals surface area (Å²) in [6.45, 7) is 4.04. The van der Waals surface area contributed by atoms with Crippen molar-refractivity contribution in [2.24, 2.45) is 0 Å². The van der Waals surface area contributed by atoms with Crippen molar-refractivity contribution < 1.29 is 4.52 Å². The molecule has 102 valence electrons. The number of nitrogens with zero attached hydrogens (tertiary/aromatic N) is 4. The second kappa shape index (κ2) is 5.46. The summed E-state index contributed by atoms with van der Waals surface area (Å²) >= 11 is 3.17. The van der Waals surface area contributed by atoms with Crippen molar-refractivity contribution >= 4 is 28.2 Å². The summed E-state index contributed by atoms with van der Waals surface area (Å²) in [5, 5.41) is 16.5. The molecule has 0 radical (unpaired) electrons. The minimum absolute atomic E-state index is 0.0922. The average Bonchev–Trinajstić information content (AvgIpc) is 2.92. The van der Waals surface area contributed by atoms with E-state index >= 15 is 0 Å². The maximum Gasteiger partial charge on any atom is 0.239 e. The number of hydrogen-bond donors (Lipinski definition) is 1. The first-order chi connectivity index (χ1) is 9.24. The van der Waals surface area contributed by atoms with Gasteiger partial charge in [-0.25, -0.2) is 0 Å². The number of hydrogen-bond acceptors (Lipinski definition) is 8. The normalized spacial score (nSPS) is 16.5. The van der Waals surface area contributed by atoms with E-state index in [1.165, 1.54) is 12.8 Å². The summed E-state index contributed by atoms with van der Waals surface area (Å²) in [6, 6.07) is 0.603. The summed E-state index contributed by atoms with van der Waals surface area (Å²) in [4.78, 5) is 4.33. The number of rotatable bonds is 6. The fraction of sp³-hybridized carbons (Fsp3) is 0.636. The molecule has 6 nitrogen and oxygen atoms in total. The smallest absolute Gasteiger partial charge is 0.239 e. The Hall–Kier alpha value is -1.15. The van der Waals surface area contributed by atoms with Crippen LogP contribution in [-0.2, 0) is 6.42 Å². The number of anilines is 1. The van der Waals surface area contributed by atoms with Gasteiger partial charge in [0.2, 0.25) is 11.0 Å². The lowest BCUT2D eigenvalue weighted by Crippen LogP contribution is -1.99. The van der Waals surface area contributed by atoms with Gasteiger partial charge in [-0.05, 0) is 19.8 Å². The summed E-state index contributed by atoms with van der Waals surface area (Å²) in [5.74, 6) is 1.39. The fourth-order valence-corrected chi connectivity index (χ4v) is 3.50. The molecular formula is C11H15N5OS2. The van der Waals surface area contributed by atoms with Gasteiger partial charge >= 0.3 is 0 Å². The predicted molar refractivity (Wildman–Crippen MR) is 74.5 cm³/mol. The maximum absolute atomic E-state index is 5.23. The molecule has 1 aliphatic carbocycles. The van der Waals surface area contributed by atoms with E-state index in [0.717, 1.165) is 21.7 Å². The largest absolute Gasteiger partial charge is 0.357 e. The molecule has 1 N–H and O–H groups in total. The van der Waals surface area contributed by atoms with Crippen LogP contribution in [-0.4, -0.2) is 26.4 Å². The predicted octanol–water partition coefficient (Wildman–Crippen LogP) is 2.91. The van der Waals surface area contributed by atoms with Crippen molar-refractivity contribution in [2.75, 3.05) is 5.32 Å². The van der Waals surface area contributed by atoms with Gasteiger partial charge in [-0.2, -0.15) is 4.98 Å². The highest BCUT2D eigenvalue weighted by atomic mass is 32.2. The average molecular weight is 297 g/mol. The maximum atomic E-state index is 5.23. The Morgan fingerprint density at radius 1 is 1.47 bits per heavy atom. The summed E-state index contributed by atoms with van der Waals surface area (Å²) < 4.78 is 6.15. The van der Waals surface area contributed by atoms with Crippen molar-refractivity contribution in [3.05, 3.63) is 11.7 Å². The SMILES string of the molecule is CCc1noc(C(C)Sc2nnc(NC3CC3)s2)n1. The first-order valence-electron chi connectivity index (χ1n) is 6.33. The highest BCUT2D eigenvalue weighted by Crippen LogP contribution is 2.37. The van der Waals surface area contributed by atoms with Crippen LogP contribution in [0.2, 0.25) is 0 Å². The molecular weight excluding hydrogens is 282 g/mol. The Morgan fingerprint density at radius 2 is 2.32 bits per heavy atom. The minimum atomic E-state index is 0.0922. The Morgan fingerprint density at radius 3 is 3.00 bits per heavy atom. The molecule has 0 spiro atoms. The Balaban J connectivity index is 1.61. The molecule has 1 unspecified atom stereocenters. The van der Waals surface area contributed by atoms with Crippen LogP contribution in [0.15, 0.2) is 8.86 Å². The lowest BCUT2D eigenvalue weighted by atomic mass is 10.4. The third kappa shape index (κ3) is 3.24. The quantitative estimate of drug-likeness (QED) is 0.821. The molecule has 1 aliphatic rings. The topological polar surface area (TPSA) is 76.7 Å². The van der Waals surface area contributed by atoms with E-state index in [9.17, 15) is 0 Å². The second-order valence-electron chi connectivity index (χ2n) is 4.45. The zero-order valence-corrected chi connectivity index (χ0v) is 12.4. The van der Waals surface area contributed by atoms with Gasteiger partial charge in [-0.3, -0.25) is 0 Å². The van der Waals surface area contributed by atoms with Gasteiger partial charge in [-0.15, -0.1) is 10.2 Å². The van der Waals surface area contributed by atoms with E-state index in [1.807, 2.05) is 13.8 Å². The van der Waals surface area contributed by atoms with Crippen LogP contribution in [0.3, 0.4) is 0 Å². The lowest BCUT2D eigenvalue weighted by molar-refractivity contribution is 0.375. The number of aryl methyl sites for hydroxylation is 1. The van der Waals surface area contributed by atoms with Crippen LogP contribution < -0.4 is 5.32 Å². The van der Waals surface area contributed by atoms with Crippen molar-refractivity contribution in [1.29, 1.82) is 0 Å². The number of aromatic nitrogens is 4. The first kappa shape index (κ1) is 12.9. The summed E-state index contributed by atoms with van der Waals surface area (Å²) in [7, 11) is 0. The second-order valence-corrected chi connectivity index (χ2v) is 7.02. The third-order valence-corrected chi connectivity index (χ3v) is 4.76. The highest BCUT2D eigenvalue weighted by Gasteiger charge is 2.23. The van der Waals surface area contributed by atoms with Gasteiger partial charge in [0.15, 0.2) is 10.2 Å². The molecule has 0 aromatic carbocycles. The monoisotopic (exact) mass is 297 g/mol. The molecule has 0 amide bonds. The zero-order valence-electron chi connectivity index (χ0n) is 10.8. The van der Waals surface area contributed by atoms with E-state index < -0.39 is 0 Å². The first-order valence-corrected chi connectivity index (χ1v) is 8.03. The number of nitrogens with one attached hydrogen (secondary N) is 1. The molecule has 19 heavy (non-hydrogen) atoms. The zero-order chi connectivity index (χ0) is 13.2. The van der Waals surface area contributed by atoms with Crippen LogP contribution in [0.25, 0.3) is 0 Å². The van der Waals surface area contributed by atoms with Crippen molar-refractivity contribution in [1.82, 2.24) is 20.3 Å². The van der Waals surface area contributed by atoms with Gasteiger partial charge in [0, 0.05) is 12.5 Å². The van der Waals surface area contributed by atoms with Crippen molar-refractivity contribution in [3.63, 3.8) is 0 Å². The van der Waals surface area contributed by atoms with E-state index in [2.05, 4.69) is 25.7 Å². The van der Waals surface area contributed by atoms with Gasteiger partial charge in [0.1, 0.15) is 0 Å². The standard InChI is InChI=1S/C11H15N5OS2/c1-3-8-13-9(17-16-8)6(2)18-11-15-14-10(19-11)12-7-4-5-7/h6-7H,3-5H2,1-2H3,(H,12,14). The molecule has 1 saturated carbocycles. The van der Waals surface area contributed by atoms with E-state index in [1.54, 1.807) is 23.1 Å². The molecule has 2 aromatic heterocycles. The molecule has 1 atom stereocenters. The van der Waals surface area contributed by atoms with Gasteiger partial charge in [-0.1, -0.05) is 35.2 Å². The Kier molecular flexibility index (Phi) is 3.69. The molecule has 0 aliphatic heterocycles. The highest BCUT2D eigenvalue weighted by molar-refractivity contribution is 8.01. The minimum Gasteiger partial charge on any atom is -0.357 e. The van der Waals surface area contributed by atoms with Crippen molar-refractivity contribution in [2.45, 2.75) is 48.7 Å².